The Morgan fingerprint density at radius 1 is 1.28 bits per heavy atom. The number of nitrogen functional groups attached to an aromatic ring is 1. The Morgan fingerprint density at radius 3 is 2.44 bits per heavy atom. The average molecular weight is 259 g/mol. The molecule has 96 valence electrons. The summed E-state index contributed by atoms with van der Waals surface area (Å²) in [7, 11) is 0. The van der Waals surface area contributed by atoms with Crippen LogP contribution in [0.5, 0.6) is 0 Å². The van der Waals surface area contributed by atoms with Gasteiger partial charge in [0.05, 0.1) is 5.56 Å². The van der Waals surface area contributed by atoms with Gasteiger partial charge in [-0.2, -0.15) is 18.3 Å². The molecule has 0 spiro atoms. The second-order valence-electron chi connectivity index (χ2n) is 3.81. The fraction of sp³-hybridized carbons (Fsp3) is 0.182. The molecule has 7 heteroatoms. The van der Waals surface area contributed by atoms with E-state index < -0.39 is 17.6 Å². The minimum absolute atomic E-state index is 0.145. The van der Waals surface area contributed by atoms with Crippen LogP contribution in [-0.2, 0) is 6.18 Å². The molecule has 0 bridgehead atoms. The number of hydrogen-bond donors (Lipinski definition) is 1. The zero-order valence-electron chi connectivity index (χ0n) is 9.29. The van der Waals surface area contributed by atoms with Gasteiger partial charge in [-0.05, 0) is 25.1 Å². The van der Waals surface area contributed by atoms with Gasteiger partial charge < -0.3 is 5.73 Å². The quantitative estimate of drug-likeness (QED) is 0.800. The predicted molar refractivity (Wildman–Crippen MR) is 57.7 cm³/mol. The maximum absolute atomic E-state index is 13.5. The monoisotopic (exact) mass is 259 g/mol. The largest absolute Gasteiger partial charge is 0.416 e. The first-order chi connectivity index (χ1) is 8.29. The van der Waals surface area contributed by atoms with Crippen molar-refractivity contribution in [2.24, 2.45) is 0 Å². The molecule has 0 radical (unpaired) electrons. The highest BCUT2D eigenvalue weighted by molar-refractivity contribution is 5.43. The molecule has 0 saturated carbocycles. The molecule has 0 saturated heterocycles. The number of nitrogens with two attached hydrogens (primary N) is 1. The van der Waals surface area contributed by atoms with Crippen LogP contribution in [0.25, 0.3) is 5.69 Å². The molecular formula is C11H9F4N3. The molecule has 3 nitrogen and oxygen atoms in total. The number of rotatable bonds is 1. The van der Waals surface area contributed by atoms with Crippen molar-refractivity contribution >= 4 is 5.82 Å². The van der Waals surface area contributed by atoms with Gasteiger partial charge in [-0.15, -0.1) is 0 Å². The maximum atomic E-state index is 13.5. The zero-order chi connectivity index (χ0) is 13.5. The first-order valence-electron chi connectivity index (χ1n) is 4.98. The highest BCUT2D eigenvalue weighted by Crippen LogP contribution is 2.31. The number of hydrogen-bond acceptors (Lipinski definition) is 2. The van der Waals surface area contributed by atoms with Crippen LogP contribution < -0.4 is 5.73 Å². The number of anilines is 1. The summed E-state index contributed by atoms with van der Waals surface area (Å²) in [6.45, 7) is 1.63. The minimum atomic E-state index is -4.53. The van der Waals surface area contributed by atoms with E-state index in [9.17, 15) is 17.6 Å². The van der Waals surface area contributed by atoms with E-state index >= 15 is 0 Å². The van der Waals surface area contributed by atoms with Crippen molar-refractivity contribution in [3.05, 3.63) is 41.3 Å². The van der Waals surface area contributed by atoms with Crippen LogP contribution in [0.4, 0.5) is 23.4 Å². The SMILES string of the molecule is Cc1cn(-c2cc(C(F)(F)F)ccc2F)nc1N. The molecule has 2 rings (SSSR count). The molecule has 0 atom stereocenters. The molecule has 18 heavy (non-hydrogen) atoms. The maximum Gasteiger partial charge on any atom is 0.416 e. The first kappa shape index (κ1) is 12.4. The van der Waals surface area contributed by atoms with Crippen molar-refractivity contribution in [1.82, 2.24) is 9.78 Å². The van der Waals surface area contributed by atoms with Gasteiger partial charge in [-0.1, -0.05) is 0 Å². The van der Waals surface area contributed by atoms with Gasteiger partial charge in [-0.25, -0.2) is 9.07 Å². The van der Waals surface area contributed by atoms with Crippen LogP contribution in [0, 0.1) is 12.7 Å². The fourth-order valence-electron chi connectivity index (χ4n) is 1.46. The first-order valence-corrected chi connectivity index (χ1v) is 4.98. The molecule has 0 amide bonds. The van der Waals surface area contributed by atoms with Gasteiger partial charge in [0, 0.05) is 11.8 Å². The standard InChI is InChI=1S/C11H9F4N3/c1-6-5-18(17-10(6)16)9-4-7(11(13,14)15)2-3-8(9)12/h2-5H,1H3,(H2,16,17). The van der Waals surface area contributed by atoms with Gasteiger partial charge in [0.25, 0.3) is 0 Å². The lowest BCUT2D eigenvalue weighted by molar-refractivity contribution is -0.137. The van der Waals surface area contributed by atoms with Gasteiger partial charge in [0.2, 0.25) is 0 Å². The molecule has 0 aliphatic carbocycles. The van der Waals surface area contributed by atoms with Crippen molar-refractivity contribution in [2.45, 2.75) is 13.1 Å². The predicted octanol–water partition coefficient (Wildman–Crippen LogP) is 2.92. The van der Waals surface area contributed by atoms with E-state index in [1.54, 1.807) is 6.92 Å². The second-order valence-corrected chi connectivity index (χ2v) is 3.81. The minimum Gasteiger partial charge on any atom is -0.382 e. The van der Waals surface area contributed by atoms with E-state index in [0.717, 1.165) is 10.7 Å². The number of benzene rings is 1. The van der Waals surface area contributed by atoms with E-state index in [-0.39, 0.29) is 11.5 Å². The molecule has 1 aromatic carbocycles. The van der Waals surface area contributed by atoms with Crippen molar-refractivity contribution in [1.29, 1.82) is 0 Å². The van der Waals surface area contributed by atoms with Crippen molar-refractivity contribution in [2.75, 3.05) is 5.73 Å². The van der Waals surface area contributed by atoms with Gasteiger partial charge in [0.15, 0.2) is 0 Å². The van der Waals surface area contributed by atoms with Gasteiger partial charge in [0.1, 0.15) is 17.3 Å². The highest BCUT2D eigenvalue weighted by Gasteiger charge is 2.31. The second kappa shape index (κ2) is 4.01. The van der Waals surface area contributed by atoms with E-state index in [1.807, 2.05) is 0 Å². The molecular weight excluding hydrogens is 250 g/mol. The van der Waals surface area contributed by atoms with Crippen LogP contribution >= 0.6 is 0 Å². The molecule has 0 unspecified atom stereocenters. The Bertz CT molecular complexity index is 567. The summed E-state index contributed by atoms with van der Waals surface area (Å²) in [4.78, 5) is 0. The summed E-state index contributed by atoms with van der Waals surface area (Å²) in [6.07, 6.45) is -3.16. The van der Waals surface area contributed by atoms with Crippen molar-refractivity contribution in [3.63, 3.8) is 0 Å². The number of halogens is 4. The molecule has 1 aromatic heterocycles. The lowest BCUT2D eigenvalue weighted by Gasteiger charge is -2.09. The van der Waals surface area contributed by atoms with Crippen LogP contribution in [0.1, 0.15) is 11.1 Å². The van der Waals surface area contributed by atoms with E-state index in [1.165, 1.54) is 6.20 Å². The molecule has 0 aliphatic heterocycles. The van der Waals surface area contributed by atoms with Crippen LogP contribution in [0.3, 0.4) is 0 Å². The summed E-state index contributed by atoms with van der Waals surface area (Å²) >= 11 is 0. The molecule has 2 N–H and O–H groups in total. The topological polar surface area (TPSA) is 43.8 Å². The molecule has 1 heterocycles. The summed E-state index contributed by atoms with van der Waals surface area (Å²) < 4.78 is 52.1. The Kier molecular flexibility index (Phi) is 2.76. The fourth-order valence-corrected chi connectivity index (χ4v) is 1.46. The number of nitrogens with zero attached hydrogens (tertiary/aromatic N) is 2. The third-order valence-corrected chi connectivity index (χ3v) is 2.46. The third kappa shape index (κ3) is 2.15. The smallest absolute Gasteiger partial charge is 0.382 e. The Morgan fingerprint density at radius 2 is 1.94 bits per heavy atom. The summed E-state index contributed by atoms with van der Waals surface area (Å²) in [5.74, 6) is -0.655. The Labute approximate surface area is 99.8 Å². The third-order valence-electron chi connectivity index (χ3n) is 2.46. The van der Waals surface area contributed by atoms with E-state index in [4.69, 9.17) is 5.73 Å². The van der Waals surface area contributed by atoms with E-state index in [2.05, 4.69) is 5.10 Å². The zero-order valence-corrected chi connectivity index (χ0v) is 9.29. The lowest BCUT2D eigenvalue weighted by Crippen LogP contribution is -2.08. The Hall–Kier alpha value is -2.05. The molecule has 0 fully saturated rings. The summed E-state index contributed by atoms with van der Waals surface area (Å²) in [5, 5.41) is 3.75. The van der Waals surface area contributed by atoms with Crippen LogP contribution in [0.2, 0.25) is 0 Å². The number of alkyl halides is 3. The van der Waals surface area contributed by atoms with E-state index in [0.29, 0.717) is 17.7 Å². The normalized spacial score (nSPS) is 11.8. The van der Waals surface area contributed by atoms with Crippen molar-refractivity contribution in [3.8, 4) is 5.69 Å². The number of aromatic nitrogens is 2. The van der Waals surface area contributed by atoms with Gasteiger partial charge >= 0.3 is 6.18 Å². The summed E-state index contributed by atoms with van der Waals surface area (Å²) in [5.41, 5.74) is 4.81. The summed E-state index contributed by atoms with van der Waals surface area (Å²) in [6, 6.07) is 2.13. The van der Waals surface area contributed by atoms with Crippen molar-refractivity contribution < 1.29 is 17.6 Å². The molecule has 2 aromatic rings. The molecule has 0 aliphatic rings. The average Bonchev–Trinajstić information content (AvgIpc) is 2.58. The lowest BCUT2D eigenvalue weighted by atomic mass is 10.2. The van der Waals surface area contributed by atoms with Crippen LogP contribution in [0.15, 0.2) is 24.4 Å². The van der Waals surface area contributed by atoms with Crippen LogP contribution in [-0.4, -0.2) is 9.78 Å². The number of aryl methyl sites for hydroxylation is 1. The Balaban J connectivity index is 2.56. The highest BCUT2D eigenvalue weighted by atomic mass is 19.4. The van der Waals surface area contributed by atoms with Gasteiger partial charge in [-0.3, -0.25) is 0 Å².